The third-order valence-corrected chi connectivity index (χ3v) is 1.68. The van der Waals surface area contributed by atoms with Crippen molar-refractivity contribution in [3.63, 3.8) is 0 Å². The zero-order chi connectivity index (χ0) is 9.14. The van der Waals surface area contributed by atoms with Gasteiger partial charge in [0.15, 0.2) is 0 Å². The number of nitrogens with one attached hydrogen (secondary N) is 1. The van der Waals surface area contributed by atoms with Gasteiger partial charge in [-0.1, -0.05) is 17.7 Å². The predicted molar refractivity (Wildman–Crippen MR) is 53.4 cm³/mol. The largest absolute Gasteiger partial charge is 0.344 e. The van der Waals surface area contributed by atoms with E-state index in [0.717, 1.165) is 17.1 Å². The minimum absolute atomic E-state index is 0.179. The molecule has 1 N–H and O–H groups in total. The van der Waals surface area contributed by atoms with Crippen LogP contribution in [0.2, 0.25) is 0 Å². The Hall–Kier alpha value is -0.760. The maximum absolute atomic E-state index is 5.75. The van der Waals surface area contributed by atoms with Crippen molar-refractivity contribution in [3.05, 3.63) is 23.4 Å². The minimum atomic E-state index is -0.179. The molecule has 66 valence electrons. The Morgan fingerprint density at radius 2 is 2.33 bits per heavy atom. The number of allylic oxidation sites excluding steroid dienone is 2. The van der Waals surface area contributed by atoms with Crippen molar-refractivity contribution in [1.82, 2.24) is 5.32 Å². The van der Waals surface area contributed by atoms with E-state index >= 15 is 0 Å². The molecule has 0 bridgehead atoms. The maximum atomic E-state index is 5.75. The van der Waals surface area contributed by atoms with E-state index in [-0.39, 0.29) is 5.50 Å². The first-order valence-corrected chi connectivity index (χ1v) is 4.41. The van der Waals surface area contributed by atoms with Crippen molar-refractivity contribution < 1.29 is 0 Å². The number of nitrogens with zero attached hydrogens (tertiary/aromatic N) is 1. The van der Waals surface area contributed by atoms with E-state index in [0.29, 0.717) is 0 Å². The summed E-state index contributed by atoms with van der Waals surface area (Å²) in [5.74, 6) is 0.873. The molecule has 0 saturated carbocycles. The second kappa shape index (κ2) is 3.76. The average Bonchev–Trinajstić information content (AvgIpc) is 2.29. The van der Waals surface area contributed by atoms with Crippen molar-refractivity contribution in [2.45, 2.75) is 26.3 Å². The number of hydrogen-bond donors (Lipinski definition) is 1. The van der Waals surface area contributed by atoms with Crippen LogP contribution in [0.15, 0.2) is 28.4 Å². The zero-order valence-electron chi connectivity index (χ0n) is 7.56. The van der Waals surface area contributed by atoms with E-state index in [4.69, 9.17) is 11.6 Å². The second-order valence-electron chi connectivity index (χ2n) is 2.75. The van der Waals surface area contributed by atoms with E-state index in [1.165, 1.54) is 0 Å². The summed E-state index contributed by atoms with van der Waals surface area (Å²) < 4.78 is 0. The maximum Gasteiger partial charge on any atom is 0.133 e. The quantitative estimate of drug-likeness (QED) is 0.491. The van der Waals surface area contributed by atoms with Gasteiger partial charge in [0, 0.05) is 11.3 Å². The van der Waals surface area contributed by atoms with E-state index in [1.54, 1.807) is 0 Å². The third kappa shape index (κ3) is 2.11. The van der Waals surface area contributed by atoms with E-state index < -0.39 is 0 Å². The lowest BCUT2D eigenvalue weighted by Crippen LogP contribution is -2.17. The molecular formula is C9H13ClN2. The smallest absolute Gasteiger partial charge is 0.133 e. The van der Waals surface area contributed by atoms with Crippen molar-refractivity contribution in [2.75, 3.05) is 0 Å². The second-order valence-corrected chi connectivity index (χ2v) is 3.38. The highest BCUT2D eigenvalue weighted by atomic mass is 35.5. The highest BCUT2D eigenvalue weighted by molar-refractivity contribution is 6.21. The Morgan fingerprint density at radius 3 is 2.83 bits per heavy atom. The molecule has 1 aliphatic rings. The Balaban J connectivity index is 2.85. The SMILES string of the molecule is C/C=C1/C=C(C)N/C1=N/C(C)Cl. The Bertz CT molecular complexity index is 262. The molecule has 2 nitrogen and oxygen atoms in total. The number of aliphatic imine (C=N–C) groups is 1. The van der Waals surface area contributed by atoms with Crippen LogP contribution in [-0.2, 0) is 0 Å². The molecule has 0 amide bonds. The molecular weight excluding hydrogens is 172 g/mol. The molecule has 1 heterocycles. The van der Waals surface area contributed by atoms with E-state index in [1.807, 2.05) is 26.8 Å². The minimum Gasteiger partial charge on any atom is -0.344 e. The molecule has 0 fully saturated rings. The van der Waals surface area contributed by atoms with Gasteiger partial charge in [-0.15, -0.1) is 0 Å². The molecule has 1 rings (SSSR count). The fourth-order valence-electron chi connectivity index (χ4n) is 1.10. The zero-order valence-corrected chi connectivity index (χ0v) is 8.31. The van der Waals surface area contributed by atoms with Gasteiger partial charge in [0.1, 0.15) is 11.3 Å². The summed E-state index contributed by atoms with van der Waals surface area (Å²) in [6.45, 7) is 5.84. The van der Waals surface area contributed by atoms with Crippen LogP contribution in [0.5, 0.6) is 0 Å². The molecule has 0 spiro atoms. The lowest BCUT2D eigenvalue weighted by Gasteiger charge is -2.02. The molecule has 0 aromatic rings. The summed E-state index contributed by atoms with van der Waals surface area (Å²) in [7, 11) is 0. The first-order chi connectivity index (χ1) is 5.63. The first-order valence-electron chi connectivity index (χ1n) is 3.97. The van der Waals surface area contributed by atoms with Crippen LogP contribution < -0.4 is 5.32 Å². The average molecular weight is 185 g/mol. The molecule has 1 unspecified atom stereocenters. The number of amidine groups is 1. The summed E-state index contributed by atoms with van der Waals surface area (Å²) in [5.41, 5.74) is 2.04. The Morgan fingerprint density at radius 1 is 1.67 bits per heavy atom. The van der Waals surface area contributed by atoms with E-state index in [9.17, 15) is 0 Å². The molecule has 12 heavy (non-hydrogen) atoms. The summed E-state index contributed by atoms with van der Waals surface area (Å²) >= 11 is 5.75. The van der Waals surface area contributed by atoms with Gasteiger partial charge >= 0.3 is 0 Å². The normalized spacial score (nSPS) is 25.8. The summed E-state index contributed by atoms with van der Waals surface area (Å²) in [6, 6.07) is 0. The van der Waals surface area contributed by atoms with E-state index in [2.05, 4.69) is 16.4 Å². The molecule has 0 aliphatic carbocycles. The highest BCUT2D eigenvalue weighted by Gasteiger charge is 2.12. The van der Waals surface area contributed by atoms with Gasteiger partial charge < -0.3 is 5.32 Å². The summed E-state index contributed by atoms with van der Waals surface area (Å²) in [5, 5.41) is 3.14. The molecule has 1 atom stereocenters. The van der Waals surface area contributed by atoms with Crippen LogP contribution in [0.25, 0.3) is 0 Å². The predicted octanol–water partition coefficient (Wildman–Crippen LogP) is 2.42. The molecule has 0 radical (unpaired) electrons. The monoisotopic (exact) mass is 184 g/mol. The van der Waals surface area contributed by atoms with Crippen LogP contribution in [0.4, 0.5) is 0 Å². The highest BCUT2D eigenvalue weighted by Crippen LogP contribution is 2.12. The lowest BCUT2D eigenvalue weighted by atomic mass is 10.2. The van der Waals surface area contributed by atoms with Crippen molar-refractivity contribution in [2.24, 2.45) is 4.99 Å². The number of alkyl halides is 1. The Kier molecular flexibility index (Phi) is 2.93. The number of hydrogen-bond acceptors (Lipinski definition) is 1. The van der Waals surface area contributed by atoms with Gasteiger partial charge in [-0.05, 0) is 26.8 Å². The molecule has 0 saturated heterocycles. The first kappa shape index (κ1) is 9.33. The van der Waals surface area contributed by atoms with Gasteiger partial charge in [-0.3, -0.25) is 0 Å². The number of halogens is 1. The van der Waals surface area contributed by atoms with Crippen LogP contribution in [-0.4, -0.2) is 11.3 Å². The van der Waals surface area contributed by atoms with Gasteiger partial charge in [-0.2, -0.15) is 0 Å². The third-order valence-electron chi connectivity index (χ3n) is 1.58. The van der Waals surface area contributed by atoms with Crippen LogP contribution >= 0.6 is 11.6 Å². The van der Waals surface area contributed by atoms with Crippen LogP contribution in [0.3, 0.4) is 0 Å². The van der Waals surface area contributed by atoms with Crippen LogP contribution in [0.1, 0.15) is 20.8 Å². The molecule has 3 heteroatoms. The van der Waals surface area contributed by atoms with Gasteiger partial charge in [0.25, 0.3) is 0 Å². The molecule has 0 aromatic heterocycles. The van der Waals surface area contributed by atoms with Crippen molar-refractivity contribution >= 4 is 17.4 Å². The van der Waals surface area contributed by atoms with Crippen molar-refractivity contribution in [1.29, 1.82) is 0 Å². The fourth-order valence-corrected chi connectivity index (χ4v) is 1.20. The molecule has 1 aliphatic heterocycles. The summed E-state index contributed by atoms with van der Waals surface area (Å²) in [6.07, 6.45) is 4.07. The lowest BCUT2D eigenvalue weighted by molar-refractivity contribution is 1.00. The fraction of sp³-hybridized carbons (Fsp3) is 0.444. The molecule has 0 aromatic carbocycles. The van der Waals surface area contributed by atoms with Crippen molar-refractivity contribution in [3.8, 4) is 0 Å². The van der Waals surface area contributed by atoms with Crippen LogP contribution in [0, 0.1) is 0 Å². The Labute approximate surface area is 78.0 Å². The summed E-state index contributed by atoms with van der Waals surface area (Å²) in [4.78, 5) is 4.23. The van der Waals surface area contributed by atoms with Gasteiger partial charge in [0.2, 0.25) is 0 Å². The van der Waals surface area contributed by atoms with Gasteiger partial charge in [0.05, 0.1) is 0 Å². The number of rotatable bonds is 1. The topological polar surface area (TPSA) is 24.4 Å². The van der Waals surface area contributed by atoms with Gasteiger partial charge in [-0.25, -0.2) is 4.99 Å². The standard InChI is InChI=1S/C9H13ClN2/c1-4-8-5-6(2)11-9(8)12-7(3)10/h4-5,7H,1-3H3,(H,11,12)/b8-4-.